The number of benzene rings is 2. The van der Waals surface area contributed by atoms with Crippen LogP contribution in [0.4, 0.5) is 5.88 Å². The van der Waals surface area contributed by atoms with Crippen molar-refractivity contribution < 1.29 is 19.1 Å². The van der Waals surface area contributed by atoms with Crippen LogP contribution in [0.1, 0.15) is 61.2 Å². The first-order valence-electron chi connectivity index (χ1n) is 11.0. The highest BCUT2D eigenvalue weighted by molar-refractivity contribution is 5.90. The van der Waals surface area contributed by atoms with Gasteiger partial charge in [0.1, 0.15) is 23.0 Å². The highest BCUT2D eigenvalue weighted by Gasteiger charge is 2.27. The standard InChI is InChI=1S/C26H29NO5/c1-16-13-19(17(2)31-22-8-6-5-7-18(22)25(29)30)24-20(14-16)21(28)15-23(32-24)27-11-9-26(3,4)10-12-27/h5-8,13-15,17H,9-12H2,1-4H3,(H,29,30). The highest BCUT2D eigenvalue weighted by Crippen LogP contribution is 2.35. The van der Waals surface area contributed by atoms with Crippen molar-refractivity contribution in [3.63, 3.8) is 0 Å². The fourth-order valence-electron chi connectivity index (χ4n) is 4.21. The van der Waals surface area contributed by atoms with Gasteiger partial charge in [-0.3, -0.25) is 4.79 Å². The molecule has 1 aromatic heterocycles. The number of aromatic carboxylic acids is 1. The molecule has 1 saturated heterocycles. The van der Waals surface area contributed by atoms with E-state index in [1.807, 2.05) is 26.0 Å². The minimum absolute atomic E-state index is 0.0887. The number of carbonyl (C=O) groups is 1. The number of para-hydroxylation sites is 1. The van der Waals surface area contributed by atoms with Crippen LogP contribution < -0.4 is 15.1 Å². The number of carboxylic acids is 1. The average molecular weight is 436 g/mol. The van der Waals surface area contributed by atoms with Gasteiger partial charge in [-0.1, -0.05) is 26.0 Å². The van der Waals surface area contributed by atoms with Crippen LogP contribution in [-0.4, -0.2) is 24.2 Å². The third-order valence-electron chi connectivity index (χ3n) is 6.28. The first-order chi connectivity index (χ1) is 15.1. The van der Waals surface area contributed by atoms with Crippen LogP contribution in [0.2, 0.25) is 0 Å². The molecule has 1 aliphatic rings. The molecule has 3 aromatic rings. The quantitative estimate of drug-likeness (QED) is 0.565. The molecule has 1 aliphatic heterocycles. The van der Waals surface area contributed by atoms with E-state index in [1.54, 1.807) is 24.3 Å². The summed E-state index contributed by atoms with van der Waals surface area (Å²) in [5.74, 6) is -0.205. The zero-order valence-electron chi connectivity index (χ0n) is 19.0. The van der Waals surface area contributed by atoms with E-state index in [-0.39, 0.29) is 22.2 Å². The van der Waals surface area contributed by atoms with Crippen LogP contribution in [0.3, 0.4) is 0 Å². The normalized spacial score (nSPS) is 16.7. The number of ether oxygens (including phenoxy) is 1. The average Bonchev–Trinajstić information content (AvgIpc) is 2.74. The van der Waals surface area contributed by atoms with Crippen LogP contribution >= 0.6 is 0 Å². The van der Waals surface area contributed by atoms with E-state index in [0.29, 0.717) is 16.9 Å². The molecular formula is C26H29NO5. The molecule has 0 saturated carbocycles. The van der Waals surface area contributed by atoms with E-state index >= 15 is 0 Å². The lowest BCUT2D eigenvalue weighted by atomic mass is 9.83. The molecule has 168 valence electrons. The number of nitrogens with zero attached hydrogens (tertiary/aromatic N) is 1. The molecule has 0 amide bonds. The molecule has 1 atom stereocenters. The van der Waals surface area contributed by atoms with Crippen LogP contribution in [0.5, 0.6) is 5.75 Å². The molecule has 0 spiro atoms. The van der Waals surface area contributed by atoms with Crippen molar-refractivity contribution in [3.05, 3.63) is 69.4 Å². The maximum atomic E-state index is 13.0. The van der Waals surface area contributed by atoms with Crippen molar-refractivity contribution in [1.29, 1.82) is 0 Å². The van der Waals surface area contributed by atoms with Gasteiger partial charge in [0.15, 0.2) is 11.3 Å². The van der Waals surface area contributed by atoms with E-state index in [2.05, 4.69) is 18.7 Å². The largest absolute Gasteiger partial charge is 0.485 e. The third kappa shape index (κ3) is 4.35. The SMILES string of the molecule is Cc1cc(C(C)Oc2ccccc2C(=O)O)c2oc(N3CCC(C)(C)CC3)cc(=O)c2c1. The Morgan fingerprint density at radius 1 is 1.16 bits per heavy atom. The van der Waals surface area contributed by atoms with E-state index in [1.165, 1.54) is 6.07 Å². The van der Waals surface area contributed by atoms with Crippen LogP contribution in [0.25, 0.3) is 11.0 Å². The van der Waals surface area contributed by atoms with Gasteiger partial charge in [0.2, 0.25) is 0 Å². The Balaban J connectivity index is 1.75. The van der Waals surface area contributed by atoms with E-state index in [9.17, 15) is 14.7 Å². The summed E-state index contributed by atoms with van der Waals surface area (Å²) < 4.78 is 12.4. The predicted octanol–water partition coefficient (Wildman–Crippen LogP) is 5.57. The van der Waals surface area contributed by atoms with Gasteiger partial charge in [0, 0.05) is 24.7 Å². The molecule has 32 heavy (non-hydrogen) atoms. The summed E-state index contributed by atoms with van der Waals surface area (Å²) in [5, 5.41) is 9.98. The first kappa shape index (κ1) is 21.9. The third-order valence-corrected chi connectivity index (χ3v) is 6.28. The number of carboxylic acid groups (broad SMARTS) is 1. The summed E-state index contributed by atoms with van der Waals surface area (Å²) in [6.07, 6.45) is 1.54. The highest BCUT2D eigenvalue weighted by atomic mass is 16.5. The molecule has 6 nitrogen and oxygen atoms in total. The van der Waals surface area contributed by atoms with E-state index in [4.69, 9.17) is 9.15 Å². The molecule has 1 unspecified atom stereocenters. The molecule has 2 aromatic carbocycles. The summed E-state index contributed by atoms with van der Waals surface area (Å²) in [6.45, 7) is 9.94. The van der Waals surface area contributed by atoms with Gasteiger partial charge in [-0.25, -0.2) is 4.79 Å². The second kappa shape index (κ2) is 8.34. The summed E-state index contributed by atoms with van der Waals surface area (Å²) in [5.41, 5.74) is 2.41. The lowest BCUT2D eigenvalue weighted by Gasteiger charge is -2.37. The van der Waals surface area contributed by atoms with Gasteiger partial charge in [0.25, 0.3) is 0 Å². The lowest BCUT2D eigenvalue weighted by molar-refractivity contribution is 0.0689. The first-order valence-corrected chi connectivity index (χ1v) is 11.0. The smallest absolute Gasteiger partial charge is 0.339 e. The van der Waals surface area contributed by atoms with Crippen molar-refractivity contribution in [2.24, 2.45) is 5.41 Å². The van der Waals surface area contributed by atoms with Crippen LogP contribution in [0, 0.1) is 12.3 Å². The van der Waals surface area contributed by atoms with Crippen molar-refractivity contribution in [3.8, 4) is 5.75 Å². The number of aryl methyl sites for hydroxylation is 1. The lowest BCUT2D eigenvalue weighted by Crippen LogP contribution is -2.37. The Morgan fingerprint density at radius 2 is 1.84 bits per heavy atom. The molecule has 1 fully saturated rings. The fraction of sp³-hybridized carbons (Fsp3) is 0.385. The van der Waals surface area contributed by atoms with Crippen molar-refractivity contribution in [1.82, 2.24) is 0 Å². The number of piperidine rings is 1. The molecule has 0 bridgehead atoms. The van der Waals surface area contributed by atoms with Crippen LogP contribution in [-0.2, 0) is 0 Å². The molecule has 1 N–H and O–H groups in total. The summed E-state index contributed by atoms with van der Waals surface area (Å²) in [4.78, 5) is 26.7. The van der Waals surface area contributed by atoms with Crippen molar-refractivity contribution in [2.45, 2.75) is 46.6 Å². The maximum absolute atomic E-state index is 13.0. The number of fused-ring (bicyclic) bond motifs is 1. The second-order valence-electron chi connectivity index (χ2n) is 9.39. The van der Waals surface area contributed by atoms with Crippen molar-refractivity contribution >= 4 is 22.8 Å². The van der Waals surface area contributed by atoms with E-state index < -0.39 is 12.1 Å². The summed E-state index contributed by atoms with van der Waals surface area (Å²) >= 11 is 0. The van der Waals surface area contributed by atoms with Crippen LogP contribution in [0.15, 0.2) is 51.7 Å². The Bertz CT molecular complexity index is 1220. The fourth-order valence-corrected chi connectivity index (χ4v) is 4.21. The molecule has 0 radical (unpaired) electrons. The van der Waals surface area contributed by atoms with Gasteiger partial charge in [-0.05, 0) is 61.9 Å². The monoisotopic (exact) mass is 435 g/mol. The Hall–Kier alpha value is -3.28. The van der Waals surface area contributed by atoms with Gasteiger partial charge in [-0.15, -0.1) is 0 Å². The zero-order chi connectivity index (χ0) is 23.0. The Morgan fingerprint density at radius 3 is 2.53 bits per heavy atom. The number of hydrogen-bond donors (Lipinski definition) is 1. The van der Waals surface area contributed by atoms with E-state index in [0.717, 1.165) is 37.1 Å². The minimum atomic E-state index is -1.05. The number of hydrogen-bond acceptors (Lipinski definition) is 5. The zero-order valence-corrected chi connectivity index (χ0v) is 19.0. The molecule has 4 rings (SSSR count). The minimum Gasteiger partial charge on any atom is -0.485 e. The maximum Gasteiger partial charge on any atom is 0.339 e. The molecule has 0 aliphatic carbocycles. The van der Waals surface area contributed by atoms with Gasteiger partial charge < -0.3 is 19.2 Å². The van der Waals surface area contributed by atoms with Crippen molar-refractivity contribution in [2.75, 3.05) is 18.0 Å². The molecular weight excluding hydrogens is 406 g/mol. The summed E-state index contributed by atoms with van der Waals surface area (Å²) in [6, 6.07) is 11.9. The number of anilines is 1. The number of rotatable bonds is 5. The topological polar surface area (TPSA) is 80.0 Å². The second-order valence-corrected chi connectivity index (χ2v) is 9.39. The Kier molecular flexibility index (Phi) is 5.71. The van der Waals surface area contributed by atoms with Gasteiger partial charge in [-0.2, -0.15) is 0 Å². The molecule has 6 heteroatoms. The summed E-state index contributed by atoms with van der Waals surface area (Å²) in [7, 11) is 0. The van der Waals surface area contributed by atoms with Gasteiger partial charge >= 0.3 is 5.97 Å². The molecule has 2 heterocycles. The Labute approximate surface area is 187 Å². The predicted molar refractivity (Wildman–Crippen MR) is 125 cm³/mol. The van der Waals surface area contributed by atoms with Gasteiger partial charge in [0.05, 0.1) is 5.39 Å².